The number of carbonyl (C=O) groups excluding carboxylic acids is 1. The molecule has 0 fully saturated rings. The molecule has 9 heteroatoms. The molecule has 4 rings (SSSR count). The largest absolute Gasteiger partial charge is 0.416 e. The number of benzene rings is 2. The van der Waals surface area contributed by atoms with E-state index in [4.69, 9.17) is 0 Å². The average Bonchev–Trinajstić information content (AvgIpc) is 3.08. The number of amides is 1. The van der Waals surface area contributed by atoms with E-state index < -0.39 is 23.5 Å². The molecule has 1 aliphatic heterocycles. The van der Waals surface area contributed by atoms with Gasteiger partial charge in [0.05, 0.1) is 11.3 Å². The van der Waals surface area contributed by atoms with Gasteiger partial charge in [-0.3, -0.25) is 4.79 Å². The fourth-order valence-corrected chi connectivity index (χ4v) is 3.41. The van der Waals surface area contributed by atoms with Crippen molar-refractivity contribution in [1.82, 2.24) is 14.8 Å². The predicted octanol–water partition coefficient (Wildman–Crippen LogP) is 4.33. The van der Waals surface area contributed by atoms with Crippen molar-refractivity contribution in [3.63, 3.8) is 0 Å². The molecule has 1 aromatic heterocycles. The van der Waals surface area contributed by atoms with E-state index >= 15 is 0 Å². The number of hydrogen-bond donors (Lipinski definition) is 0. The highest BCUT2D eigenvalue weighted by Gasteiger charge is 2.33. The topological polar surface area (TPSA) is 51.0 Å². The third-order valence-electron chi connectivity index (χ3n) is 4.80. The summed E-state index contributed by atoms with van der Waals surface area (Å²) in [6.07, 6.45) is -3.44. The number of aryl methyl sites for hydroxylation is 2. The highest BCUT2D eigenvalue weighted by Crippen LogP contribution is 2.35. The lowest BCUT2D eigenvalue weighted by molar-refractivity contribution is -0.137. The molecular weight excluding hydrogens is 388 g/mol. The molecule has 5 nitrogen and oxygen atoms in total. The van der Waals surface area contributed by atoms with Crippen LogP contribution in [0.4, 0.5) is 23.2 Å². The van der Waals surface area contributed by atoms with Gasteiger partial charge in [-0.2, -0.15) is 13.2 Å². The van der Waals surface area contributed by atoms with Gasteiger partial charge in [0.15, 0.2) is 0 Å². The zero-order valence-corrected chi connectivity index (χ0v) is 15.4. The SMILES string of the molecule is Cc1nc(C(=O)N2CCCc3cc(C(F)(F)F)ccc32)nn1-c1ccc(F)cc1. The lowest BCUT2D eigenvalue weighted by Crippen LogP contribution is -2.36. The van der Waals surface area contributed by atoms with Gasteiger partial charge in [-0.1, -0.05) is 0 Å². The van der Waals surface area contributed by atoms with Crippen molar-refractivity contribution >= 4 is 11.6 Å². The minimum absolute atomic E-state index is 0.0698. The molecule has 150 valence electrons. The molecule has 2 aromatic carbocycles. The van der Waals surface area contributed by atoms with Crippen LogP contribution in [0.1, 0.15) is 34.0 Å². The van der Waals surface area contributed by atoms with Crippen molar-refractivity contribution in [2.24, 2.45) is 0 Å². The Morgan fingerprint density at radius 1 is 1.10 bits per heavy atom. The van der Waals surface area contributed by atoms with Gasteiger partial charge in [-0.05, 0) is 67.8 Å². The Morgan fingerprint density at radius 3 is 2.52 bits per heavy atom. The first-order valence-electron chi connectivity index (χ1n) is 8.95. The van der Waals surface area contributed by atoms with E-state index in [-0.39, 0.29) is 5.82 Å². The lowest BCUT2D eigenvalue weighted by Gasteiger charge is -2.29. The maximum Gasteiger partial charge on any atom is 0.416 e. The molecule has 0 saturated carbocycles. The maximum atomic E-state index is 13.1. The summed E-state index contributed by atoms with van der Waals surface area (Å²) < 4.78 is 53.5. The molecular formula is C20H16F4N4O. The van der Waals surface area contributed by atoms with E-state index in [1.54, 1.807) is 6.92 Å². The maximum absolute atomic E-state index is 13.1. The van der Waals surface area contributed by atoms with Crippen LogP contribution in [0.25, 0.3) is 5.69 Å². The van der Waals surface area contributed by atoms with E-state index in [9.17, 15) is 22.4 Å². The monoisotopic (exact) mass is 404 g/mol. The van der Waals surface area contributed by atoms with E-state index in [0.717, 1.165) is 12.1 Å². The van der Waals surface area contributed by atoms with Crippen molar-refractivity contribution in [1.29, 1.82) is 0 Å². The molecule has 29 heavy (non-hydrogen) atoms. The van der Waals surface area contributed by atoms with E-state index in [0.29, 0.717) is 42.1 Å². The fourth-order valence-electron chi connectivity index (χ4n) is 3.41. The summed E-state index contributed by atoms with van der Waals surface area (Å²) in [5, 5.41) is 4.23. The second-order valence-corrected chi connectivity index (χ2v) is 6.77. The van der Waals surface area contributed by atoms with Crippen molar-refractivity contribution < 1.29 is 22.4 Å². The summed E-state index contributed by atoms with van der Waals surface area (Å²) in [5.74, 6) is -0.523. The zero-order valence-electron chi connectivity index (χ0n) is 15.4. The smallest absolute Gasteiger partial charge is 0.305 e. The fraction of sp³-hybridized carbons (Fsp3) is 0.250. The van der Waals surface area contributed by atoms with Crippen molar-refractivity contribution in [2.45, 2.75) is 25.9 Å². The Balaban J connectivity index is 1.66. The quantitative estimate of drug-likeness (QED) is 0.598. The van der Waals surface area contributed by atoms with Crippen LogP contribution in [0.15, 0.2) is 42.5 Å². The predicted molar refractivity (Wildman–Crippen MR) is 97.5 cm³/mol. The molecule has 0 saturated heterocycles. The molecule has 0 atom stereocenters. The second-order valence-electron chi connectivity index (χ2n) is 6.77. The minimum atomic E-state index is -4.44. The van der Waals surface area contributed by atoms with Crippen LogP contribution in [0, 0.1) is 12.7 Å². The van der Waals surface area contributed by atoms with Crippen LogP contribution in [0.2, 0.25) is 0 Å². The summed E-state index contributed by atoms with van der Waals surface area (Å²) >= 11 is 0. The number of hydrogen-bond acceptors (Lipinski definition) is 3. The van der Waals surface area contributed by atoms with Gasteiger partial charge in [0.1, 0.15) is 11.6 Å². The average molecular weight is 404 g/mol. The van der Waals surface area contributed by atoms with Gasteiger partial charge in [-0.25, -0.2) is 14.1 Å². The highest BCUT2D eigenvalue weighted by molar-refractivity contribution is 6.04. The molecule has 3 aromatic rings. The molecule has 0 bridgehead atoms. The summed E-state index contributed by atoms with van der Waals surface area (Å²) in [7, 11) is 0. The van der Waals surface area contributed by atoms with Gasteiger partial charge in [0.2, 0.25) is 5.82 Å². The van der Waals surface area contributed by atoms with Crippen molar-refractivity contribution in [3.05, 3.63) is 71.1 Å². The van der Waals surface area contributed by atoms with Crippen LogP contribution in [0.3, 0.4) is 0 Å². The lowest BCUT2D eigenvalue weighted by atomic mass is 9.99. The molecule has 1 aliphatic rings. The minimum Gasteiger partial charge on any atom is -0.305 e. The number of fused-ring (bicyclic) bond motifs is 1. The van der Waals surface area contributed by atoms with E-state index in [2.05, 4.69) is 10.1 Å². The Labute approximate surface area is 163 Å². The third-order valence-corrected chi connectivity index (χ3v) is 4.80. The van der Waals surface area contributed by atoms with Gasteiger partial charge < -0.3 is 4.90 Å². The van der Waals surface area contributed by atoms with Crippen LogP contribution in [-0.2, 0) is 12.6 Å². The molecule has 1 amide bonds. The Morgan fingerprint density at radius 2 is 1.83 bits per heavy atom. The second kappa shape index (κ2) is 6.98. The summed E-state index contributed by atoms with van der Waals surface area (Å²) in [5.41, 5.74) is 0.712. The molecule has 0 N–H and O–H groups in total. The van der Waals surface area contributed by atoms with Crippen molar-refractivity contribution in [2.75, 3.05) is 11.4 Å². The highest BCUT2D eigenvalue weighted by atomic mass is 19.4. The third kappa shape index (κ3) is 3.59. The molecule has 2 heterocycles. The summed E-state index contributed by atoms with van der Waals surface area (Å²) in [4.78, 5) is 18.6. The Kier molecular flexibility index (Phi) is 4.60. The molecule has 0 radical (unpaired) electrons. The van der Waals surface area contributed by atoms with E-state index in [1.165, 1.54) is 39.9 Å². The number of aromatic nitrogens is 3. The van der Waals surface area contributed by atoms with Gasteiger partial charge in [0.25, 0.3) is 5.91 Å². The number of rotatable bonds is 2. The molecule has 0 aliphatic carbocycles. The van der Waals surface area contributed by atoms with Crippen LogP contribution < -0.4 is 4.90 Å². The van der Waals surface area contributed by atoms with Crippen molar-refractivity contribution in [3.8, 4) is 5.69 Å². The van der Waals surface area contributed by atoms with Crippen LogP contribution >= 0.6 is 0 Å². The van der Waals surface area contributed by atoms with Gasteiger partial charge >= 0.3 is 6.18 Å². The number of anilines is 1. The number of carbonyl (C=O) groups is 1. The number of halogens is 4. The standard InChI is InChI=1S/C20H16F4N4O/c1-12-25-18(26-28(12)16-7-5-15(21)6-8-16)19(29)27-10-2-3-13-11-14(20(22,23)24)4-9-17(13)27/h4-9,11H,2-3,10H2,1H3. The van der Waals surface area contributed by atoms with E-state index in [1.807, 2.05) is 0 Å². The Hall–Kier alpha value is -3.23. The first kappa shape index (κ1) is 19.1. The Bertz CT molecular complexity index is 1070. The van der Waals surface area contributed by atoms with Gasteiger partial charge in [0, 0.05) is 12.2 Å². The first-order chi connectivity index (χ1) is 13.7. The van der Waals surface area contributed by atoms with Crippen LogP contribution in [-0.4, -0.2) is 27.2 Å². The number of alkyl halides is 3. The van der Waals surface area contributed by atoms with Gasteiger partial charge in [-0.15, -0.1) is 5.10 Å². The molecule has 0 unspecified atom stereocenters. The summed E-state index contributed by atoms with van der Waals surface area (Å²) in [6, 6.07) is 8.96. The summed E-state index contributed by atoms with van der Waals surface area (Å²) in [6.45, 7) is 2.02. The normalized spacial score (nSPS) is 14.0. The first-order valence-corrected chi connectivity index (χ1v) is 8.95. The molecule has 0 spiro atoms. The number of nitrogens with zero attached hydrogens (tertiary/aromatic N) is 4. The van der Waals surface area contributed by atoms with Crippen LogP contribution in [0.5, 0.6) is 0 Å². The zero-order chi connectivity index (χ0) is 20.8.